The lowest BCUT2D eigenvalue weighted by atomic mass is 10.2. The summed E-state index contributed by atoms with van der Waals surface area (Å²) in [5, 5.41) is 7.91. The van der Waals surface area contributed by atoms with Gasteiger partial charge in [-0.2, -0.15) is 0 Å². The molecule has 6 heteroatoms. The van der Waals surface area contributed by atoms with Crippen LogP contribution in [0.5, 0.6) is 0 Å². The van der Waals surface area contributed by atoms with Crippen molar-refractivity contribution in [1.29, 1.82) is 0 Å². The van der Waals surface area contributed by atoms with Crippen LogP contribution in [0.15, 0.2) is 45.6 Å². The Morgan fingerprint density at radius 1 is 1.22 bits per heavy atom. The fraction of sp³-hybridized carbons (Fsp3) is 0.176. The molecule has 2 heterocycles. The first kappa shape index (κ1) is 16.4. The second kappa shape index (κ2) is 7.38. The van der Waals surface area contributed by atoms with Gasteiger partial charge in [-0.3, -0.25) is 4.79 Å². The lowest BCUT2D eigenvalue weighted by molar-refractivity contribution is 0.0957. The Labute approximate surface area is 151 Å². The standard InChI is InChI=1S/C17H15BrN2OS2/c1-11-2-4-12(5-3-11)17-20-13(10-23-17)6-8-19-16(21)15-14(18)7-9-22-15/h2-5,7,9-10H,6,8H2,1H3,(H,19,21). The lowest BCUT2D eigenvalue weighted by Gasteiger charge is -2.02. The molecule has 2 aromatic heterocycles. The monoisotopic (exact) mass is 406 g/mol. The largest absolute Gasteiger partial charge is 0.351 e. The van der Waals surface area contributed by atoms with Crippen molar-refractivity contribution < 1.29 is 4.79 Å². The van der Waals surface area contributed by atoms with E-state index in [4.69, 9.17) is 0 Å². The Kier molecular flexibility index (Phi) is 5.25. The normalized spacial score (nSPS) is 10.7. The number of halogens is 1. The van der Waals surface area contributed by atoms with E-state index in [9.17, 15) is 4.79 Å². The van der Waals surface area contributed by atoms with Crippen LogP contribution in [-0.4, -0.2) is 17.4 Å². The maximum Gasteiger partial charge on any atom is 0.262 e. The summed E-state index contributed by atoms with van der Waals surface area (Å²) in [5.74, 6) is -0.0409. The molecule has 1 N–H and O–H groups in total. The number of amides is 1. The zero-order valence-electron chi connectivity index (χ0n) is 12.5. The van der Waals surface area contributed by atoms with Crippen LogP contribution in [0.25, 0.3) is 10.6 Å². The highest BCUT2D eigenvalue weighted by Gasteiger charge is 2.11. The zero-order chi connectivity index (χ0) is 16.2. The minimum Gasteiger partial charge on any atom is -0.351 e. The van der Waals surface area contributed by atoms with E-state index in [1.54, 1.807) is 11.3 Å². The number of nitrogens with one attached hydrogen (secondary N) is 1. The molecule has 1 aromatic carbocycles. The second-order valence-electron chi connectivity index (χ2n) is 5.11. The summed E-state index contributed by atoms with van der Waals surface area (Å²) in [6.07, 6.45) is 0.733. The van der Waals surface area contributed by atoms with Crippen LogP contribution in [0.2, 0.25) is 0 Å². The Morgan fingerprint density at radius 3 is 2.70 bits per heavy atom. The summed E-state index contributed by atoms with van der Waals surface area (Å²) in [6, 6.07) is 10.3. The third-order valence-corrected chi connectivity index (χ3v) is 6.12. The number of thiazole rings is 1. The molecule has 0 radical (unpaired) electrons. The Hall–Kier alpha value is -1.50. The van der Waals surface area contributed by atoms with E-state index < -0.39 is 0 Å². The van der Waals surface area contributed by atoms with Crippen molar-refractivity contribution in [2.45, 2.75) is 13.3 Å². The van der Waals surface area contributed by atoms with Crippen LogP contribution in [0.4, 0.5) is 0 Å². The summed E-state index contributed by atoms with van der Waals surface area (Å²) in [6.45, 7) is 2.66. The van der Waals surface area contributed by atoms with Gasteiger partial charge in [0, 0.05) is 28.4 Å². The smallest absolute Gasteiger partial charge is 0.262 e. The van der Waals surface area contributed by atoms with Gasteiger partial charge in [-0.05, 0) is 34.3 Å². The van der Waals surface area contributed by atoms with Gasteiger partial charge in [0.05, 0.1) is 5.69 Å². The molecule has 0 saturated heterocycles. The third-order valence-electron chi connectivity index (χ3n) is 3.34. The van der Waals surface area contributed by atoms with Crippen molar-refractivity contribution in [2.75, 3.05) is 6.54 Å². The van der Waals surface area contributed by atoms with Gasteiger partial charge < -0.3 is 5.32 Å². The zero-order valence-corrected chi connectivity index (χ0v) is 15.7. The fourth-order valence-electron chi connectivity index (χ4n) is 2.09. The SMILES string of the molecule is Cc1ccc(-c2nc(CCNC(=O)c3sccc3Br)cs2)cc1. The van der Waals surface area contributed by atoms with Crippen molar-refractivity contribution in [2.24, 2.45) is 0 Å². The number of thiophene rings is 1. The lowest BCUT2D eigenvalue weighted by Crippen LogP contribution is -2.25. The number of aryl methyl sites for hydroxylation is 1. The van der Waals surface area contributed by atoms with Gasteiger partial charge in [0.15, 0.2) is 0 Å². The van der Waals surface area contributed by atoms with Gasteiger partial charge >= 0.3 is 0 Å². The molecule has 0 fully saturated rings. The molecule has 3 aromatic rings. The number of aromatic nitrogens is 1. The Bertz CT molecular complexity index is 808. The molecule has 3 rings (SSSR count). The Balaban J connectivity index is 1.56. The van der Waals surface area contributed by atoms with E-state index in [-0.39, 0.29) is 5.91 Å². The molecule has 0 saturated carbocycles. The van der Waals surface area contributed by atoms with Crippen LogP contribution >= 0.6 is 38.6 Å². The number of nitrogens with zero attached hydrogens (tertiary/aromatic N) is 1. The van der Waals surface area contributed by atoms with Crippen LogP contribution < -0.4 is 5.32 Å². The van der Waals surface area contributed by atoms with E-state index in [1.165, 1.54) is 16.9 Å². The molecule has 0 aliphatic rings. The van der Waals surface area contributed by atoms with Gasteiger partial charge in [-0.15, -0.1) is 22.7 Å². The molecule has 0 unspecified atom stereocenters. The molecule has 118 valence electrons. The molecule has 0 atom stereocenters. The molecule has 23 heavy (non-hydrogen) atoms. The maximum absolute atomic E-state index is 12.0. The molecule has 0 aliphatic carbocycles. The highest BCUT2D eigenvalue weighted by Crippen LogP contribution is 2.24. The highest BCUT2D eigenvalue weighted by atomic mass is 79.9. The minimum absolute atomic E-state index is 0.0409. The third kappa shape index (κ3) is 4.07. The first-order valence-electron chi connectivity index (χ1n) is 7.16. The average molecular weight is 407 g/mol. The summed E-state index contributed by atoms with van der Waals surface area (Å²) >= 11 is 6.45. The van der Waals surface area contributed by atoms with Crippen LogP contribution in [0.3, 0.4) is 0 Å². The van der Waals surface area contributed by atoms with Crippen LogP contribution in [0.1, 0.15) is 20.9 Å². The first-order chi connectivity index (χ1) is 11.1. The molecule has 3 nitrogen and oxygen atoms in total. The van der Waals surface area contributed by atoms with Gasteiger partial charge in [0.25, 0.3) is 5.91 Å². The predicted octanol–water partition coefficient (Wildman–Crippen LogP) is 4.92. The Morgan fingerprint density at radius 2 is 2.00 bits per heavy atom. The van der Waals surface area contributed by atoms with Crippen molar-refractivity contribution in [3.63, 3.8) is 0 Å². The number of rotatable bonds is 5. The van der Waals surface area contributed by atoms with Crippen LogP contribution in [-0.2, 0) is 6.42 Å². The van der Waals surface area contributed by atoms with E-state index in [2.05, 4.69) is 62.8 Å². The van der Waals surface area contributed by atoms with Crippen molar-refractivity contribution in [1.82, 2.24) is 10.3 Å². The predicted molar refractivity (Wildman–Crippen MR) is 100 cm³/mol. The number of hydrogen-bond donors (Lipinski definition) is 1. The summed E-state index contributed by atoms with van der Waals surface area (Å²) < 4.78 is 0.843. The van der Waals surface area contributed by atoms with Gasteiger partial charge in [0.1, 0.15) is 9.88 Å². The highest BCUT2D eigenvalue weighted by molar-refractivity contribution is 9.10. The molecule has 1 amide bonds. The molecule has 0 aliphatic heterocycles. The van der Waals surface area contributed by atoms with Crippen molar-refractivity contribution in [3.05, 3.63) is 61.7 Å². The number of carbonyl (C=O) groups is 1. The van der Waals surface area contributed by atoms with Gasteiger partial charge in [-0.1, -0.05) is 29.8 Å². The van der Waals surface area contributed by atoms with Crippen LogP contribution in [0, 0.1) is 6.92 Å². The van der Waals surface area contributed by atoms with E-state index in [0.29, 0.717) is 11.4 Å². The molecular formula is C17H15BrN2OS2. The van der Waals surface area contributed by atoms with Gasteiger partial charge in [-0.25, -0.2) is 4.98 Å². The first-order valence-corrected chi connectivity index (χ1v) is 9.71. The van der Waals surface area contributed by atoms with E-state index in [0.717, 1.165) is 27.2 Å². The fourth-order valence-corrected chi connectivity index (χ4v) is 4.42. The van der Waals surface area contributed by atoms with Crippen molar-refractivity contribution >= 4 is 44.5 Å². The summed E-state index contributed by atoms with van der Waals surface area (Å²) in [5.41, 5.74) is 3.39. The maximum atomic E-state index is 12.0. The number of benzene rings is 1. The number of hydrogen-bond acceptors (Lipinski definition) is 4. The summed E-state index contributed by atoms with van der Waals surface area (Å²) in [7, 11) is 0. The molecular weight excluding hydrogens is 392 g/mol. The van der Waals surface area contributed by atoms with Gasteiger partial charge in [0.2, 0.25) is 0 Å². The summed E-state index contributed by atoms with van der Waals surface area (Å²) in [4.78, 5) is 17.4. The van der Waals surface area contributed by atoms with E-state index >= 15 is 0 Å². The molecule has 0 bridgehead atoms. The quantitative estimate of drug-likeness (QED) is 0.653. The minimum atomic E-state index is -0.0409. The topological polar surface area (TPSA) is 42.0 Å². The van der Waals surface area contributed by atoms with Crippen molar-refractivity contribution in [3.8, 4) is 10.6 Å². The average Bonchev–Trinajstić information content (AvgIpc) is 3.17. The van der Waals surface area contributed by atoms with E-state index in [1.807, 2.05) is 11.4 Å². The molecule has 0 spiro atoms. The number of carbonyl (C=O) groups excluding carboxylic acids is 1. The second-order valence-corrected chi connectivity index (χ2v) is 7.74.